The van der Waals surface area contributed by atoms with E-state index in [0.29, 0.717) is 23.3 Å². The third-order valence-corrected chi connectivity index (χ3v) is 7.77. The molecule has 1 aromatic heterocycles. The molecule has 0 saturated heterocycles. The van der Waals surface area contributed by atoms with Crippen LogP contribution in [-0.4, -0.2) is 19.1 Å². The quantitative estimate of drug-likeness (QED) is 0.502. The summed E-state index contributed by atoms with van der Waals surface area (Å²) in [5.74, 6) is 2.05. The number of hydrogen-bond donors (Lipinski definition) is 0. The van der Waals surface area contributed by atoms with Crippen molar-refractivity contribution in [3.05, 3.63) is 40.2 Å². The van der Waals surface area contributed by atoms with Gasteiger partial charge < -0.3 is 14.1 Å². The number of benzene rings is 1. The van der Waals surface area contributed by atoms with Crippen LogP contribution in [0.15, 0.2) is 33.5 Å². The maximum absolute atomic E-state index is 13.2. The van der Waals surface area contributed by atoms with Crippen molar-refractivity contribution in [2.24, 2.45) is 23.2 Å². The second-order valence-corrected chi connectivity index (χ2v) is 9.72. The van der Waals surface area contributed by atoms with Gasteiger partial charge in [0.25, 0.3) is 0 Å². The summed E-state index contributed by atoms with van der Waals surface area (Å²) in [7, 11) is 0. The number of hydrogen-bond acceptors (Lipinski definition) is 5. The highest BCUT2D eigenvalue weighted by molar-refractivity contribution is 5.84. The highest BCUT2D eigenvalue weighted by atomic mass is 16.5. The molecule has 0 N–H and O–H groups in total. The Morgan fingerprint density at radius 1 is 1.07 bits per heavy atom. The number of rotatable bonds is 6. The molecular formula is C25H31NO4. The molecule has 5 nitrogen and oxygen atoms in total. The summed E-state index contributed by atoms with van der Waals surface area (Å²) in [6, 6.07) is 7.39. The second kappa shape index (κ2) is 7.44. The monoisotopic (exact) mass is 409 g/mol. The molecule has 4 aliphatic carbocycles. The number of ether oxygens (including phenoxy) is 1. The first-order valence-electron chi connectivity index (χ1n) is 11.5. The van der Waals surface area contributed by atoms with E-state index in [4.69, 9.17) is 9.15 Å². The van der Waals surface area contributed by atoms with Crippen LogP contribution in [-0.2, 0) is 16.1 Å². The molecule has 30 heavy (non-hydrogen) atoms. The molecule has 5 heteroatoms. The Kier molecular flexibility index (Phi) is 4.87. The van der Waals surface area contributed by atoms with Crippen LogP contribution in [0.25, 0.3) is 11.0 Å². The van der Waals surface area contributed by atoms with Crippen molar-refractivity contribution >= 4 is 22.6 Å². The molecule has 6 rings (SSSR count). The van der Waals surface area contributed by atoms with Crippen molar-refractivity contribution in [3.8, 4) is 0 Å². The van der Waals surface area contributed by atoms with Crippen molar-refractivity contribution < 1.29 is 13.9 Å². The summed E-state index contributed by atoms with van der Waals surface area (Å²) in [4.78, 5) is 27.6. The van der Waals surface area contributed by atoms with E-state index in [-0.39, 0.29) is 18.0 Å². The minimum absolute atomic E-state index is 0.0530. The predicted octanol–water partition coefficient (Wildman–Crippen LogP) is 4.90. The summed E-state index contributed by atoms with van der Waals surface area (Å²) in [6.45, 7) is 6.10. The van der Waals surface area contributed by atoms with Crippen LogP contribution in [0.5, 0.6) is 0 Å². The predicted molar refractivity (Wildman–Crippen MR) is 116 cm³/mol. The molecular weight excluding hydrogens is 378 g/mol. The Hall–Kier alpha value is -2.30. The van der Waals surface area contributed by atoms with Crippen molar-refractivity contribution in [3.63, 3.8) is 0 Å². The fourth-order valence-corrected chi connectivity index (χ4v) is 6.78. The number of anilines is 1. The van der Waals surface area contributed by atoms with Crippen LogP contribution in [0.4, 0.5) is 5.69 Å². The molecule has 2 aromatic rings. The van der Waals surface area contributed by atoms with Gasteiger partial charge in [0.1, 0.15) is 12.2 Å². The molecule has 0 spiro atoms. The Balaban J connectivity index is 1.38. The molecule has 0 aliphatic heterocycles. The van der Waals surface area contributed by atoms with E-state index in [1.54, 1.807) is 0 Å². The zero-order chi connectivity index (χ0) is 20.9. The zero-order valence-corrected chi connectivity index (χ0v) is 18.0. The maximum Gasteiger partial charge on any atom is 0.336 e. The molecule has 0 amide bonds. The van der Waals surface area contributed by atoms with E-state index in [2.05, 4.69) is 18.7 Å². The van der Waals surface area contributed by atoms with Gasteiger partial charge in [-0.1, -0.05) is 0 Å². The van der Waals surface area contributed by atoms with Gasteiger partial charge in [-0.25, -0.2) is 4.79 Å². The molecule has 0 atom stereocenters. The van der Waals surface area contributed by atoms with Gasteiger partial charge in [-0.05, 0) is 82.3 Å². The number of nitrogens with zero attached hydrogens (tertiary/aromatic N) is 1. The third-order valence-electron chi connectivity index (χ3n) is 7.77. The van der Waals surface area contributed by atoms with Gasteiger partial charge in [0.15, 0.2) is 0 Å². The number of esters is 1. The van der Waals surface area contributed by atoms with Crippen molar-refractivity contribution in [2.45, 2.75) is 59.0 Å². The zero-order valence-electron chi connectivity index (χ0n) is 18.0. The van der Waals surface area contributed by atoms with Crippen LogP contribution in [0.2, 0.25) is 0 Å². The van der Waals surface area contributed by atoms with E-state index in [1.165, 1.54) is 25.3 Å². The van der Waals surface area contributed by atoms with Gasteiger partial charge in [0.2, 0.25) is 0 Å². The molecule has 160 valence electrons. The van der Waals surface area contributed by atoms with E-state index >= 15 is 0 Å². The van der Waals surface area contributed by atoms with Gasteiger partial charge in [-0.15, -0.1) is 0 Å². The first kappa shape index (κ1) is 19.7. The highest BCUT2D eigenvalue weighted by Crippen LogP contribution is 2.60. The largest absolute Gasteiger partial charge is 0.460 e. The molecule has 4 bridgehead atoms. The Bertz CT molecular complexity index is 984. The lowest BCUT2D eigenvalue weighted by Gasteiger charge is -2.55. The average molecular weight is 410 g/mol. The standard InChI is InChI=1S/C25H31NO4/c1-3-26(4-2)20-5-6-21-19(10-23(27)30-22(21)11-20)15-29-24(28)25-12-16-7-17(13-25)9-18(8-16)14-25/h5-6,10-11,16-18H,3-4,7-9,12-15H2,1-2H3. The fourth-order valence-electron chi connectivity index (χ4n) is 6.78. The van der Waals surface area contributed by atoms with Crippen LogP contribution >= 0.6 is 0 Å². The molecule has 1 heterocycles. The lowest BCUT2D eigenvalue weighted by atomic mass is 9.49. The van der Waals surface area contributed by atoms with Crippen molar-refractivity contribution in [2.75, 3.05) is 18.0 Å². The third kappa shape index (κ3) is 3.32. The van der Waals surface area contributed by atoms with Crippen molar-refractivity contribution in [1.82, 2.24) is 0 Å². The first-order valence-corrected chi connectivity index (χ1v) is 11.5. The van der Waals surface area contributed by atoms with Crippen LogP contribution in [0.3, 0.4) is 0 Å². The summed E-state index contributed by atoms with van der Waals surface area (Å²) in [5.41, 5.74) is 1.62. The molecule has 0 unspecified atom stereocenters. The minimum Gasteiger partial charge on any atom is -0.460 e. The molecule has 4 saturated carbocycles. The van der Waals surface area contributed by atoms with E-state index in [1.807, 2.05) is 18.2 Å². The Morgan fingerprint density at radius 3 is 2.30 bits per heavy atom. The van der Waals surface area contributed by atoms with Gasteiger partial charge in [-0.3, -0.25) is 4.79 Å². The van der Waals surface area contributed by atoms with Gasteiger partial charge >= 0.3 is 11.6 Å². The highest BCUT2D eigenvalue weighted by Gasteiger charge is 2.55. The Labute approximate surface area is 177 Å². The summed E-state index contributed by atoms with van der Waals surface area (Å²) in [6.07, 6.45) is 6.86. The summed E-state index contributed by atoms with van der Waals surface area (Å²) in [5, 5.41) is 0.837. The minimum atomic E-state index is -0.403. The van der Waals surface area contributed by atoms with E-state index in [0.717, 1.165) is 49.0 Å². The van der Waals surface area contributed by atoms with E-state index < -0.39 is 5.63 Å². The van der Waals surface area contributed by atoms with Crippen LogP contribution in [0, 0.1) is 23.2 Å². The topological polar surface area (TPSA) is 59.8 Å². The van der Waals surface area contributed by atoms with Gasteiger partial charge in [0, 0.05) is 41.9 Å². The molecule has 0 radical (unpaired) electrons. The van der Waals surface area contributed by atoms with E-state index in [9.17, 15) is 9.59 Å². The number of carbonyl (C=O) groups excluding carboxylic acids is 1. The second-order valence-electron chi connectivity index (χ2n) is 9.72. The van der Waals surface area contributed by atoms with Crippen LogP contribution in [0.1, 0.15) is 57.9 Å². The summed E-state index contributed by atoms with van der Waals surface area (Å²) >= 11 is 0. The number of carbonyl (C=O) groups is 1. The molecule has 1 aromatic carbocycles. The van der Waals surface area contributed by atoms with Gasteiger partial charge in [-0.2, -0.15) is 0 Å². The molecule has 4 aliphatic rings. The molecule has 4 fully saturated rings. The normalized spacial score (nSPS) is 29.3. The number of fused-ring (bicyclic) bond motifs is 1. The lowest BCUT2D eigenvalue weighted by molar-refractivity contribution is -0.172. The Morgan fingerprint density at radius 2 is 1.70 bits per heavy atom. The first-order chi connectivity index (χ1) is 14.5. The summed E-state index contributed by atoms with van der Waals surface area (Å²) < 4.78 is 11.3. The van der Waals surface area contributed by atoms with Crippen LogP contribution < -0.4 is 10.5 Å². The van der Waals surface area contributed by atoms with Crippen molar-refractivity contribution in [1.29, 1.82) is 0 Å². The lowest BCUT2D eigenvalue weighted by Crippen LogP contribution is -2.50. The maximum atomic E-state index is 13.2. The smallest absolute Gasteiger partial charge is 0.336 e. The fraction of sp³-hybridized carbons (Fsp3) is 0.600. The SMILES string of the molecule is CCN(CC)c1ccc2c(COC(=O)C34CC5CC(CC(C5)C3)C4)cc(=O)oc2c1. The average Bonchev–Trinajstić information content (AvgIpc) is 2.71. The van der Waals surface area contributed by atoms with Gasteiger partial charge in [0.05, 0.1) is 5.41 Å².